The van der Waals surface area contributed by atoms with Crippen molar-refractivity contribution in [2.24, 2.45) is 0 Å². The predicted octanol–water partition coefficient (Wildman–Crippen LogP) is -0.602. The van der Waals surface area contributed by atoms with Gasteiger partial charge in [0.15, 0.2) is 0 Å². The number of nitrogen functional groups attached to an aromatic ring is 1. The molecule has 0 amide bonds. The van der Waals surface area contributed by atoms with Crippen LogP contribution in [0.5, 0.6) is 0 Å². The van der Waals surface area contributed by atoms with Crippen molar-refractivity contribution in [1.82, 2.24) is 13.8 Å². The Balaban J connectivity index is 1.78. The van der Waals surface area contributed by atoms with E-state index in [2.05, 4.69) is 4.90 Å². The summed E-state index contributed by atoms with van der Waals surface area (Å²) in [7, 11) is -3.08. The molecule has 1 saturated heterocycles. The molecule has 21 heavy (non-hydrogen) atoms. The van der Waals surface area contributed by atoms with Crippen LogP contribution in [0.3, 0.4) is 0 Å². The van der Waals surface area contributed by atoms with Gasteiger partial charge < -0.3 is 15.2 Å². The van der Waals surface area contributed by atoms with Gasteiger partial charge in [-0.2, -0.15) is 4.31 Å². The molecule has 0 bridgehead atoms. The summed E-state index contributed by atoms with van der Waals surface area (Å²) in [6, 6.07) is 3.07. The van der Waals surface area contributed by atoms with E-state index in [-0.39, 0.29) is 5.56 Å². The van der Waals surface area contributed by atoms with E-state index in [0.29, 0.717) is 25.3 Å². The van der Waals surface area contributed by atoms with E-state index in [1.165, 1.54) is 16.6 Å². The third-order valence-corrected chi connectivity index (χ3v) is 4.98. The molecule has 7 nitrogen and oxygen atoms in total. The Hall–Kier alpha value is -1.38. The highest BCUT2D eigenvalue weighted by Gasteiger charge is 2.22. The third kappa shape index (κ3) is 4.55. The van der Waals surface area contributed by atoms with Gasteiger partial charge in [0.1, 0.15) is 0 Å². The molecule has 2 rings (SSSR count). The molecule has 0 unspecified atom stereocenters. The van der Waals surface area contributed by atoms with Crippen LogP contribution in [-0.2, 0) is 16.6 Å². The second-order valence-electron chi connectivity index (χ2n) is 5.35. The summed E-state index contributed by atoms with van der Waals surface area (Å²) >= 11 is 0. The number of aryl methyl sites for hydroxylation is 1. The molecular formula is C13H22N4O3S. The van der Waals surface area contributed by atoms with Crippen LogP contribution in [0.2, 0.25) is 0 Å². The van der Waals surface area contributed by atoms with Crippen molar-refractivity contribution in [1.29, 1.82) is 0 Å². The topological polar surface area (TPSA) is 88.6 Å². The summed E-state index contributed by atoms with van der Waals surface area (Å²) in [5.41, 5.74) is 6.20. The van der Waals surface area contributed by atoms with E-state index in [1.807, 2.05) is 0 Å². The first-order valence-electron chi connectivity index (χ1n) is 7.00. The SMILES string of the molecule is CS(=O)(=O)N1CCN(CCCn2cc(N)ccc2=O)CC1. The van der Waals surface area contributed by atoms with Crippen LogP contribution in [0.15, 0.2) is 23.1 Å². The molecule has 0 aliphatic carbocycles. The van der Waals surface area contributed by atoms with Crippen molar-refractivity contribution in [3.63, 3.8) is 0 Å². The molecule has 2 heterocycles. The number of anilines is 1. The highest BCUT2D eigenvalue weighted by molar-refractivity contribution is 7.88. The van der Waals surface area contributed by atoms with Gasteiger partial charge in [-0.05, 0) is 19.0 Å². The van der Waals surface area contributed by atoms with Crippen molar-refractivity contribution >= 4 is 15.7 Å². The zero-order valence-corrected chi connectivity index (χ0v) is 13.1. The van der Waals surface area contributed by atoms with Gasteiger partial charge in [0.05, 0.1) is 6.26 Å². The van der Waals surface area contributed by atoms with Crippen LogP contribution in [0.4, 0.5) is 5.69 Å². The lowest BCUT2D eigenvalue weighted by atomic mass is 10.3. The molecule has 1 aromatic rings. The number of pyridine rings is 1. The van der Waals surface area contributed by atoms with Crippen molar-refractivity contribution in [2.75, 3.05) is 44.7 Å². The van der Waals surface area contributed by atoms with Gasteiger partial charge in [-0.1, -0.05) is 0 Å². The lowest BCUT2D eigenvalue weighted by molar-refractivity contribution is 0.185. The Bertz CT molecular complexity index is 633. The Kier molecular flexibility index (Phi) is 5.02. The maximum atomic E-state index is 11.6. The molecule has 0 radical (unpaired) electrons. The third-order valence-electron chi connectivity index (χ3n) is 3.68. The molecule has 1 aromatic heterocycles. The molecule has 118 valence electrons. The molecular weight excluding hydrogens is 292 g/mol. The molecule has 0 atom stereocenters. The fraction of sp³-hybridized carbons (Fsp3) is 0.615. The fourth-order valence-electron chi connectivity index (χ4n) is 2.47. The van der Waals surface area contributed by atoms with Gasteiger partial charge in [-0.3, -0.25) is 4.79 Å². The molecule has 1 aliphatic rings. The summed E-state index contributed by atoms with van der Waals surface area (Å²) < 4.78 is 26.0. The summed E-state index contributed by atoms with van der Waals surface area (Å²) in [5.74, 6) is 0. The lowest BCUT2D eigenvalue weighted by Gasteiger charge is -2.33. The monoisotopic (exact) mass is 314 g/mol. The van der Waals surface area contributed by atoms with E-state index >= 15 is 0 Å². The number of sulfonamides is 1. The minimum atomic E-state index is -3.08. The van der Waals surface area contributed by atoms with E-state index in [0.717, 1.165) is 26.1 Å². The summed E-state index contributed by atoms with van der Waals surface area (Å²) in [4.78, 5) is 13.8. The van der Waals surface area contributed by atoms with Crippen LogP contribution >= 0.6 is 0 Å². The van der Waals surface area contributed by atoms with Crippen molar-refractivity contribution in [2.45, 2.75) is 13.0 Å². The molecule has 1 fully saturated rings. The van der Waals surface area contributed by atoms with E-state index < -0.39 is 10.0 Å². The first kappa shape index (κ1) is 16.0. The number of piperazine rings is 1. The van der Waals surface area contributed by atoms with Crippen LogP contribution in [0.25, 0.3) is 0 Å². The van der Waals surface area contributed by atoms with Crippen LogP contribution in [0.1, 0.15) is 6.42 Å². The van der Waals surface area contributed by atoms with Crippen LogP contribution < -0.4 is 11.3 Å². The Morgan fingerprint density at radius 2 is 1.81 bits per heavy atom. The summed E-state index contributed by atoms with van der Waals surface area (Å²) in [6.07, 6.45) is 3.74. The molecule has 0 aromatic carbocycles. The smallest absolute Gasteiger partial charge is 0.250 e. The molecule has 0 spiro atoms. The van der Waals surface area contributed by atoms with Gasteiger partial charge in [0, 0.05) is 50.7 Å². The largest absolute Gasteiger partial charge is 0.398 e. The summed E-state index contributed by atoms with van der Waals surface area (Å²) in [6.45, 7) is 4.01. The normalized spacial score (nSPS) is 18.0. The van der Waals surface area contributed by atoms with Crippen LogP contribution in [0, 0.1) is 0 Å². The highest BCUT2D eigenvalue weighted by Crippen LogP contribution is 2.06. The Morgan fingerprint density at radius 1 is 1.14 bits per heavy atom. The number of nitrogens with two attached hydrogens (primary N) is 1. The van der Waals surface area contributed by atoms with Gasteiger partial charge in [0.2, 0.25) is 10.0 Å². The standard InChI is InChI=1S/C13H22N4O3S/c1-21(19,20)17-9-7-15(8-10-17)5-2-6-16-11-12(14)3-4-13(16)18/h3-4,11H,2,5-10,14H2,1H3. The number of hydrogen-bond donors (Lipinski definition) is 1. The predicted molar refractivity (Wildman–Crippen MR) is 82.6 cm³/mol. The van der Waals surface area contributed by atoms with Crippen molar-refractivity contribution in [3.05, 3.63) is 28.7 Å². The van der Waals surface area contributed by atoms with Crippen molar-refractivity contribution < 1.29 is 8.42 Å². The zero-order valence-electron chi connectivity index (χ0n) is 12.2. The first-order chi connectivity index (χ1) is 9.86. The van der Waals surface area contributed by atoms with E-state index in [4.69, 9.17) is 5.73 Å². The number of aromatic nitrogens is 1. The number of hydrogen-bond acceptors (Lipinski definition) is 5. The number of nitrogens with zero attached hydrogens (tertiary/aromatic N) is 3. The lowest BCUT2D eigenvalue weighted by Crippen LogP contribution is -2.48. The van der Waals surface area contributed by atoms with E-state index in [1.54, 1.807) is 16.8 Å². The average molecular weight is 314 g/mol. The average Bonchev–Trinajstić information content (AvgIpc) is 2.42. The minimum absolute atomic E-state index is 0.0499. The molecule has 1 aliphatic heterocycles. The Morgan fingerprint density at radius 3 is 2.43 bits per heavy atom. The molecule has 8 heteroatoms. The zero-order chi connectivity index (χ0) is 15.5. The fourth-order valence-corrected chi connectivity index (χ4v) is 3.30. The van der Waals surface area contributed by atoms with Crippen LogP contribution in [-0.4, -0.2) is 61.2 Å². The van der Waals surface area contributed by atoms with Gasteiger partial charge in [-0.15, -0.1) is 0 Å². The van der Waals surface area contributed by atoms with Gasteiger partial charge in [0.25, 0.3) is 5.56 Å². The quantitative estimate of drug-likeness (QED) is 0.784. The molecule has 2 N–H and O–H groups in total. The highest BCUT2D eigenvalue weighted by atomic mass is 32.2. The minimum Gasteiger partial charge on any atom is -0.398 e. The summed E-state index contributed by atoms with van der Waals surface area (Å²) in [5, 5.41) is 0. The second kappa shape index (κ2) is 6.59. The first-order valence-corrected chi connectivity index (χ1v) is 8.84. The maximum Gasteiger partial charge on any atom is 0.250 e. The van der Waals surface area contributed by atoms with E-state index in [9.17, 15) is 13.2 Å². The second-order valence-corrected chi connectivity index (χ2v) is 7.33. The van der Waals surface area contributed by atoms with Gasteiger partial charge >= 0.3 is 0 Å². The number of rotatable bonds is 5. The maximum absolute atomic E-state index is 11.6. The Labute approximate surface area is 125 Å². The molecule has 0 saturated carbocycles. The van der Waals surface area contributed by atoms with Crippen molar-refractivity contribution in [3.8, 4) is 0 Å². The van der Waals surface area contributed by atoms with Gasteiger partial charge in [-0.25, -0.2) is 8.42 Å².